The molecule has 1 N–H and O–H groups in total. The number of piperazine rings is 1. The highest BCUT2D eigenvalue weighted by molar-refractivity contribution is 5.74. The second-order valence-corrected chi connectivity index (χ2v) is 6.87. The third kappa shape index (κ3) is 4.54. The molecule has 1 fully saturated rings. The van der Waals surface area contributed by atoms with Crippen molar-refractivity contribution in [2.24, 2.45) is 0 Å². The predicted octanol–water partition coefficient (Wildman–Crippen LogP) is 3.52. The third-order valence-electron chi connectivity index (χ3n) is 4.88. The molecule has 1 aliphatic heterocycles. The van der Waals surface area contributed by atoms with Gasteiger partial charge in [-0.3, -0.25) is 0 Å². The first kappa shape index (κ1) is 18.2. The highest BCUT2D eigenvalue weighted by Crippen LogP contribution is 2.22. The lowest BCUT2D eigenvalue weighted by Gasteiger charge is -2.37. The molecule has 0 saturated carbocycles. The molecule has 0 spiro atoms. The van der Waals surface area contributed by atoms with Crippen LogP contribution in [0.25, 0.3) is 0 Å². The zero-order valence-corrected chi connectivity index (χ0v) is 15.5. The number of urea groups is 1. The maximum atomic E-state index is 12.9. The van der Waals surface area contributed by atoms with Gasteiger partial charge in [0.15, 0.2) is 0 Å². The first-order valence-electron chi connectivity index (χ1n) is 9.12. The van der Waals surface area contributed by atoms with Crippen LogP contribution in [0.3, 0.4) is 0 Å². The largest absolute Gasteiger partial charge is 0.368 e. The summed E-state index contributed by atoms with van der Waals surface area (Å²) in [5.74, 6) is -0.237. The molecular formula is C21H26FN3O. The fraction of sp³-hybridized carbons (Fsp3) is 0.381. The Balaban J connectivity index is 1.46. The zero-order chi connectivity index (χ0) is 18.5. The van der Waals surface area contributed by atoms with Gasteiger partial charge in [-0.2, -0.15) is 0 Å². The van der Waals surface area contributed by atoms with Crippen LogP contribution >= 0.6 is 0 Å². The van der Waals surface area contributed by atoms with Gasteiger partial charge < -0.3 is 15.1 Å². The first-order valence-corrected chi connectivity index (χ1v) is 9.12. The third-order valence-corrected chi connectivity index (χ3v) is 4.88. The predicted molar refractivity (Wildman–Crippen MR) is 103 cm³/mol. The molecule has 0 atom stereocenters. The van der Waals surface area contributed by atoms with Crippen LogP contribution in [0, 0.1) is 19.7 Å². The first-order chi connectivity index (χ1) is 12.5. The van der Waals surface area contributed by atoms with Gasteiger partial charge in [0, 0.05) is 38.4 Å². The molecule has 1 saturated heterocycles. The lowest BCUT2D eigenvalue weighted by Crippen LogP contribution is -2.52. The molecule has 3 rings (SSSR count). The van der Waals surface area contributed by atoms with Crippen LogP contribution in [0.2, 0.25) is 0 Å². The monoisotopic (exact) mass is 355 g/mol. The SMILES string of the molecule is Cc1ccc(C)c(N2CCN(C(=O)NCCc3ccc(F)cc3)CC2)c1. The molecule has 0 unspecified atom stereocenters. The Morgan fingerprint density at radius 1 is 1.04 bits per heavy atom. The summed E-state index contributed by atoms with van der Waals surface area (Å²) in [6, 6.07) is 12.9. The average molecular weight is 355 g/mol. The number of benzene rings is 2. The number of rotatable bonds is 4. The summed E-state index contributed by atoms with van der Waals surface area (Å²) in [5, 5.41) is 2.97. The van der Waals surface area contributed by atoms with Gasteiger partial charge >= 0.3 is 6.03 Å². The number of amides is 2. The van der Waals surface area contributed by atoms with E-state index in [1.165, 1.54) is 28.9 Å². The topological polar surface area (TPSA) is 35.6 Å². The molecule has 2 amide bonds. The normalized spacial score (nSPS) is 14.4. The van der Waals surface area contributed by atoms with Crippen LogP contribution in [0.4, 0.5) is 14.9 Å². The van der Waals surface area contributed by atoms with E-state index >= 15 is 0 Å². The quantitative estimate of drug-likeness (QED) is 0.911. The Morgan fingerprint density at radius 3 is 2.42 bits per heavy atom. The van der Waals surface area contributed by atoms with Crippen molar-refractivity contribution in [3.8, 4) is 0 Å². The number of carbonyl (C=O) groups excluding carboxylic acids is 1. The Labute approximate surface area is 154 Å². The molecule has 0 aromatic heterocycles. The van der Waals surface area contributed by atoms with Gasteiger partial charge in [-0.25, -0.2) is 9.18 Å². The summed E-state index contributed by atoms with van der Waals surface area (Å²) in [5.41, 5.74) is 4.81. The molecule has 2 aromatic rings. The molecule has 1 aliphatic rings. The standard InChI is InChI=1S/C21H26FN3O/c1-16-3-4-17(2)20(15-16)24-11-13-25(14-12-24)21(26)23-10-9-18-5-7-19(22)8-6-18/h3-8,15H,9-14H2,1-2H3,(H,23,26). The van der Waals surface area contributed by atoms with E-state index in [2.05, 4.69) is 42.3 Å². The van der Waals surface area contributed by atoms with Crippen molar-refractivity contribution < 1.29 is 9.18 Å². The number of anilines is 1. The van der Waals surface area contributed by atoms with Gasteiger partial charge in [-0.05, 0) is 55.2 Å². The van der Waals surface area contributed by atoms with E-state index in [1.807, 2.05) is 4.90 Å². The van der Waals surface area contributed by atoms with Gasteiger partial charge in [0.2, 0.25) is 0 Å². The van der Waals surface area contributed by atoms with E-state index in [-0.39, 0.29) is 11.8 Å². The van der Waals surface area contributed by atoms with Crippen LogP contribution in [-0.2, 0) is 6.42 Å². The average Bonchev–Trinajstić information content (AvgIpc) is 2.65. The van der Waals surface area contributed by atoms with Crippen LogP contribution in [-0.4, -0.2) is 43.7 Å². The Kier molecular flexibility index (Phi) is 5.76. The van der Waals surface area contributed by atoms with E-state index < -0.39 is 0 Å². The minimum Gasteiger partial charge on any atom is -0.368 e. The second-order valence-electron chi connectivity index (χ2n) is 6.87. The summed E-state index contributed by atoms with van der Waals surface area (Å²) in [6.45, 7) is 7.91. The number of halogens is 1. The Hall–Kier alpha value is -2.56. The van der Waals surface area contributed by atoms with Crippen LogP contribution in [0.15, 0.2) is 42.5 Å². The van der Waals surface area contributed by atoms with Crippen LogP contribution < -0.4 is 10.2 Å². The van der Waals surface area contributed by atoms with E-state index in [4.69, 9.17) is 0 Å². The van der Waals surface area contributed by atoms with Crippen molar-refractivity contribution in [1.82, 2.24) is 10.2 Å². The van der Waals surface area contributed by atoms with Gasteiger partial charge in [0.05, 0.1) is 0 Å². The van der Waals surface area contributed by atoms with Crippen molar-refractivity contribution in [2.75, 3.05) is 37.6 Å². The van der Waals surface area contributed by atoms with E-state index in [1.54, 1.807) is 12.1 Å². The maximum absolute atomic E-state index is 12.9. The highest BCUT2D eigenvalue weighted by atomic mass is 19.1. The summed E-state index contributed by atoms with van der Waals surface area (Å²) in [4.78, 5) is 16.6. The maximum Gasteiger partial charge on any atom is 0.317 e. The number of hydrogen-bond acceptors (Lipinski definition) is 2. The van der Waals surface area contributed by atoms with Crippen molar-refractivity contribution in [3.05, 3.63) is 65.0 Å². The highest BCUT2D eigenvalue weighted by Gasteiger charge is 2.21. The minimum atomic E-state index is -0.237. The Morgan fingerprint density at radius 2 is 1.73 bits per heavy atom. The Bertz CT molecular complexity index is 752. The van der Waals surface area contributed by atoms with Gasteiger partial charge in [-0.1, -0.05) is 24.3 Å². The second kappa shape index (κ2) is 8.21. The van der Waals surface area contributed by atoms with Crippen LogP contribution in [0.1, 0.15) is 16.7 Å². The smallest absolute Gasteiger partial charge is 0.317 e. The number of nitrogens with one attached hydrogen (secondary N) is 1. The minimum absolute atomic E-state index is 0.0206. The molecule has 4 nitrogen and oxygen atoms in total. The molecule has 138 valence electrons. The molecule has 2 aromatic carbocycles. The fourth-order valence-corrected chi connectivity index (χ4v) is 3.29. The van der Waals surface area contributed by atoms with Crippen molar-refractivity contribution >= 4 is 11.7 Å². The molecule has 26 heavy (non-hydrogen) atoms. The molecular weight excluding hydrogens is 329 g/mol. The van der Waals surface area contributed by atoms with Gasteiger partial charge in [0.1, 0.15) is 5.82 Å². The molecule has 5 heteroatoms. The number of hydrogen-bond donors (Lipinski definition) is 1. The van der Waals surface area contributed by atoms with E-state index in [0.717, 1.165) is 31.7 Å². The summed E-state index contributed by atoms with van der Waals surface area (Å²) >= 11 is 0. The van der Waals surface area contributed by atoms with Crippen molar-refractivity contribution in [3.63, 3.8) is 0 Å². The van der Waals surface area contributed by atoms with Crippen molar-refractivity contribution in [2.45, 2.75) is 20.3 Å². The van der Waals surface area contributed by atoms with Gasteiger partial charge in [-0.15, -0.1) is 0 Å². The molecule has 0 aliphatic carbocycles. The zero-order valence-electron chi connectivity index (χ0n) is 15.5. The lowest BCUT2D eigenvalue weighted by molar-refractivity contribution is 0.194. The molecule has 0 bridgehead atoms. The number of nitrogens with zero attached hydrogens (tertiary/aromatic N) is 2. The van der Waals surface area contributed by atoms with Crippen molar-refractivity contribution in [1.29, 1.82) is 0 Å². The van der Waals surface area contributed by atoms with E-state index in [9.17, 15) is 9.18 Å². The van der Waals surface area contributed by atoms with Crippen LogP contribution in [0.5, 0.6) is 0 Å². The lowest BCUT2D eigenvalue weighted by atomic mass is 10.1. The summed E-state index contributed by atoms with van der Waals surface area (Å²) in [7, 11) is 0. The number of aryl methyl sites for hydroxylation is 2. The van der Waals surface area contributed by atoms with E-state index in [0.29, 0.717) is 13.0 Å². The van der Waals surface area contributed by atoms with Gasteiger partial charge in [0.25, 0.3) is 0 Å². The fourth-order valence-electron chi connectivity index (χ4n) is 3.29. The number of carbonyl (C=O) groups is 1. The molecule has 1 heterocycles. The summed E-state index contributed by atoms with van der Waals surface area (Å²) < 4.78 is 12.9. The summed E-state index contributed by atoms with van der Waals surface area (Å²) in [6.07, 6.45) is 0.703. The molecule has 0 radical (unpaired) electrons.